The zero-order valence-electron chi connectivity index (χ0n) is 16.1. The third-order valence-corrected chi connectivity index (χ3v) is 4.90. The minimum Gasteiger partial charge on any atom is -0.421 e. The molecule has 0 unspecified atom stereocenters. The second-order valence-corrected chi connectivity index (χ2v) is 7.07. The molecular weight excluding hydrogens is 368 g/mol. The topological polar surface area (TPSA) is 98.0 Å². The standard InChI is InChI=1S/C22H22N4O3/c27-19-9-4-8-18-17(19)13-12-16(24-18)14-23-20(28)10-5-11-21-25-26-22(29-21)15-6-2-1-3-7-15/h1-3,6-7,12-13H,4-5,8-11,14H2,(H,23,28). The number of nitrogens with one attached hydrogen (secondary N) is 1. The van der Waals surface area contributed by atoms with E-state index >= 15 is 0 Å². The van der Waals surface area contributed by atoms with Gasteiger partial charge in [0.2, 0.25) is 17.7 Å². The number of rotatable bonds is 7. The summed E-state index contributed by atoms with van der Waals surface area (Å²) < 4.78 is 5.65. The van der Waals surface area contributed by atoms with E-state index in [9.17, 15) is 9.59 Å². The molecule has 0 fully saturated rings. The number of ketones is 1. The van der Waals surface area contributed by atoms with Gasteiger partial charge in [0.15, 0.2) is 5.78 Å². The molecule has 1 N–H and O–H groups in total. The Hall–Kier alpha value is -3.35. The van der Waals surface area contributed by atoms with Crippen LogP contribution in [0.1, 0.15) is 53.3 Å². The van der Waals surface area contributed by atoms with Crippen LogP contribution in [0.4, 0.5) is 0 Å². The number of amides is 1. The van der Waals surface area contributed by atoms with Crippen molar-refractivity contribution < 1.29 is 14.0 Å². The Balaban J connectivity index is 1.23. The van der Waals surface area contributed by atoms with Crippen LogP contribution in [0.15, 0.2) is 46.9 Å². The number of aromatic nitrogens is 3. The summed E-state index contributed by atoms with van der Waals surface area (Å²) in [5, 5.41) is 11.0. The first-order valence-electron chi connectivity index (χ1n) is 9.85. The van der Waals surface area contributed by atoms with Crippen LogP contribution in [0.25, 0.3) is 11.5 Å². The van der Waals surface area contributed by atoms with Gasteiger partial charge in [0.05, 0.1) is 17.9 Å². The van der Waals surface area contributed by atoms with Crippen molar-refractivity contribution >= 4 is 11.7 Å². The number of benzene rings is 1. The van der Waals surface area contributed by atoms with Crippen molar-refractivity contribution in [2.45, 2.75) is 45.1 Å². The van der Waals surface area contributed by atoms with E-state index in [1.54, 1.807) is 0 Å². The molecule has 4 rings (SSSR count). The summed E-state index contributed by atoms with van der Waals surface area (Å²) in [7, 11) is 0. The molecule has 0 radical (unpaired) electrons. The third-order valence-electron chi connectivity index (χ3n) is 4.90. The number of nitrogens with zero attached hydrogens (tertiary/aromatic N) is 3. The van der Waals surface area contributed by atoms with Crippen molar-refractivity contribution in [1.82, 2.24) is 20.5 Å². The summed E-state index contributed by atoms with van der Waals surface area (Å²) >= 11 is 0. The molecule has 0 saturated carbocycles. The fourth-order valence-corrected chi connectivity index (χ4v) is 3.37. The van der Waals surface area contributed by atoms with Crippen LogP contribution in [0.3, 0.4) is 0 Å². The van der Waals surface area contributed by atoms with Gasteiger partial charge >= 0.3 is 0 Å². The van der Waals surface area contributed by atoms with E-state index in [0.717, 1.165) is 35.4 Å². The Kier molecular flexibility index (Phi) is 5.74. The van der Waals surface area contributed by atoms with E-state index in [4.69, 9.17) is 4.42 Å². The number of hydrogen-bond donors (Lipinski definition) is 1. The molecule has 7 heteroatoms. The van der Waals surface area contributed by atoms with Gasteiger partial charge in [0.25, 0.3) is 0 Å². The van der Waals surface area contributed by atoms with Gasteiger partial charge in [-0.15, -0.1) is 10.2 Å². The number of aryl methyl sites for hydroxylation is 2. The van der Waals surface area contributed by atoms with E-state index in [-0.39, 0.29) is 11.7 Å². The van der Waals surface area contributed by atoms with Gasteiger partial charge in [-0.1, -0.05) is 18.2 Å². The molecule has 2 heterocycles. The molecular formula is C22H22N4O3. The molecule has 7 nitrogen and oxygen atoms in total. The first kappa shape index (κ1) is 19.0. The second kappa shape index (κ2) is 8.77. The molecule has 0 saturated heterocycles. The zero-order valence-corrected chi connectivity index (χ0v) is 16.1. The number of Topliss-reactive ketones (excluding diaryl/α,β-unsaturated/α-hetero) is 1. The van der Waals surface area contributed by atoms with Gasteiger partial charge in [-0.25, -0.2) is 0 Å². The van der Waals surface area contributed by atoms with Crippen LogP contribution >= 0.6 is 0 Å². The third kappa shape index (κ3) is 4.74. The maximum Gasteiger partial charge on any atom is 0.247 e. The summed E-state index contributed by atoms with van der Waals surface area (Å²) in [6, 6.07) is 13.2. The van der Waals surface area contributed by atoms with Crippen molar-refractivity contribution in [2.75, 3.05) is 0 Å². The van der Waals surface area contributed by atoms with Crippen LogP contribution in [0.2, 0.25) is 0 Å². The molecule has 1 aliphatic carbocycles. The van der Waals surface area contributed by atoms with Gasteiger partial charge in [0.1, 0.15) is 0 Å². The number of pyridine rings is 1. The number of carbonyl (C=O) groups excluding carboxylic acids is 2. The normalized spacial score (nSPS) is 13.2. The highest BCUT2D eigenvalue weighted by molar-refractivity contribution is 5.97. The Morgan fingerprint density at radius 1 is 1.07 bits per heavy atom. The summed E-state index contributed by atoms with van der Waals surface area (Å²) in [4.78, 5) is 28.5. The largest absolute Gasteiger partial charge is 0.421 e. The van der Waals surface area contributed by atoms with Gasteiger partial charge in [-0.2, -0.15) is 0 Å². The van der Waals surface area contributed by atoms with E-state index in [2.05, 4.69) is 20.5 Å². The maximum atomic E-state index is 12.1. The molecule has 1 aromatic carbocycles. The molecule has 0 atom stereocenters. The Bertz CT molecular complexity index is 1010. The Morgan fingerprint density at radius 2 is 1.93 bits per heavy atom. The fraction of sp³-hybridized carbons (Fsp3) is 0.318. The molecule has 2 aromatic heterocycles. The number of hydrogen-bond acceptors (Lipinski definition) is 6. The maximum absolute atomic E-state index is 12.1. The SMILES string of the molecule is O=C(CCCc1nnc(-c2ccccc2)o1)NCc1ccc2c(n1)CCCC2=O. The lowest BCUT2D eigenvalue weighted by molar-refractivity contribution is -0.121. The predicted molar refractivity (Wildman–Crippen MR) is 106 cm³/mol. The molecule has 3 aromatic rings. The van der Waals surface area contributed by atoms with E-state index < -0.39 is 0 Å². The second-order valence-electron chi connectivity index (χ2n) is 7.07. The molecule has 1 amide bonds. The monoisotopic (exact) mass is 390 g/mol. The smallest absolute Gasteiger partial charge is 0.247 e. The van der Waals surface area contributed by atoms with Crippen molar-refractivity contribution in [1.29, 1.82) is 0 Å². The minimum atomic E-state index is -0.0524. The minimum absolute atomic E-state index is 0.0524. The average Bonchev–Trinajstić information content (AvgIpc) is 3.22. The number of carbonyl (C=O) groups is 2. The predicted octanol–water partition coefficient (Wildman–Crippen LogP) is 3.29. The summed E-state index contributed by atoms with van der Waals surface area (Å²) in [5.41, 5.74) is 3.22. The van der Waals surface area contributed by atoms with E-state index in [0.29, 0.717) is 44.0 Å². The van der Waals surface area contributed by atoms with Crippen LogP contribution < -0.4 is 5.32 Å². The lowest BCUT2D eigenvalue weighted by atomic mass is 9.94. The molecule has 148 valence electrons. The lowest BCUT2D eigenvalue weighted by Gasteiger charge is -2.14. The highest BCUT2D eigenvalue weighted by Gasteiger charge is 2.18. The highest BCUT2D eigenvalue weighted by Crippen LogP contribution is 2.20. The van der Waals surface area contributed by atoms with Crippen molar-refractivity contribution in [3.05, 3.63) is 65.3 Å². The zero-order chi connectivity index (χ0) is 20.1. The van der Waals surface area contributed by atoms with Gasteiger partial charge < -0.3 is 9.73 Å². The van der Waals surface area contributed by atoms with Gasteiger partial charge in [-0.3, -0.25) is 14.6 Å². The number of fused-ring (bicyclic) bond motifs is 1. The molecule has 0 spiro atoms. The Morgan fingerprint density at radius 3 is 2.79 bits per heavy atom. The fourth-order valence-electron chi connectivity index (χ4n) is 3.37. The summed E-state index contributed by atoms with van der Waals surface area (Å²) in [5.74, 6) is 1.12. The van der Waals surface area contributed by atoms with Crippen molar-refractivity contribution in [3.63, 3.8) is 0 Å². The van der Waals surface area contributed by atoms with Gasteiger partial charge in [-0.05, 0) is 43.5 Å². The average molecular weight is 390 g/mol. The lowest BCUT2D eigenvalue weighted by Crippen LogP contribution is -2.24. The van der Waals surface area contributed by atoms with Crippen LogP contribution in [-0.4, -0.2) is 26.9 Å². The van der Waals surface area contributed by atoms with E-state index in [1.807, 2.05) is 42.5 Å². The molecule has 0 bridgehead atoms. The highest BCUT2D eigenvalue weighted by atomic mass is 16.4. The summed E-state index contributed by atoms with van der Waals surface area (Å²) in [6.45, 7) is 0.360. The molecule has 29 heavy (non-hydrogen) atoms. The van der Waals surface area contributed by atoms with Crippen LogP contribution in [0, 0.1) is 0 Å². The first-order valence-corrected chi connectivity index (χ1v) is 9.85. The van der Waals surface area contributed by atoms with E-state index in [1.165, 1.54) is 0 Å². The van der Waals surface area contributed by atoms with Crippen LogP contribution in [-0.2, 0) is 24.2 Å². The first-order chi connectivity index (χ1) is 14.2. The van der Waals surface area contributed by atoms with Crippen molar-refractivity contribution in [3.8, 4) is 11.5 Å². The molecule has 0 aliphatic heterocycles. The molecule has 1 aliphatic rings. The van der Waals surface area contributed by atoms with Crippen molar-refractivity contribution in [2.24, 2.45) is 0 Å². The Labute approximate surface area is 168 Å². The van der Waals surface area contributed by atoms with Gasteiger partial charge in [0, 0.05) is 30.4 Å². The quantitative estimate of drug-likeness (QED) is 0.665. The summed E-state index contributed by atoms with van der Waals surface area (Å²) in [6.07, 6.45) is 3.79. The van der Waals surface area contributed by atoms with Crippen LogP contribution in [0.5, 0.6) is 0 Å².